The largest absolute Gasteiger partial charge is 0.492 e. The van der Waals surface area contributed by atoms with Crippen LogP contribution in [0.2, 0.25) is 0 Å². The number of nitrogens with zero attached hydrogens (tertiary/aromatic N) is 4. The molecule has 10 heteroatoms. The average Bonchev–Trinajstić information content (AvgIpc) is 3.24. The summed E-state index contributed by atoms with van der Waals surface area (Å²) >= 11 is 0. The van der Waals surface area contributed by atoms with Crippen molar-refractivity contribution in [3.63, 3.8) is 0 Å². The predicted octanol–water partition coefficient (Wildman–Crippen LogP) is 2.92. The molecule has 0 saturated carbocycles. The Labute approximate surface area is 207 Å². The summed E-state index contributed by atoms with van der Waals surface area (Å²) in [7, 11) is 0. The Morgan fingerprint density at radius 2 is 1.69 bits per heavy atom. The lowest BCUT2D eigenvalue weighted by atomic mass is 10.2. The molecule has 10 nitrogen and oxygen atoms in total. The molecule has 36 heavy (non-hydrogen) atoms. The molecule has 1 amide bonds. The number of esters is 1. The van der Waals surface area contributed by atoms with E-state index in [1.165, 1.54) is 12.1 Å². The summed E-state index contributed by atoms with van der Waals surface area (Å²) in [4.78, 5) is 37.0. The molecule has 0 fully saturated rings. The molecule has 1 N–H and O–H groups in total. The highest BCUT2D eigenvalue weighted by atomic mass is 16.5. The van der Waals surface area contributed by atoms with E-state index in [1.54, 1.807) is 22.9 Å². The number of rotatable bonds is 9. The van der Waals surface area contributed by atoms with E-state index in [9.17, 15) is 14.4 Å². The first-order valence-electron chi connectivity index (χ1n) is 11.3. The first kappa shape index (κ1) is 24.4. The molecule has 0 saturated heterocycles. The third-order valence-corrected chi connectivity index (χ3v) is 5.10. The van der Waals surface area contributed by atoms with Gasteiger partial charge in [-0.25, -0.2) is 14.2 Å². The lowest BCUT2D eigenvalue weighted by molar-refractivity contribution is -0.119. The van der Waals surface area contributed by atoms with Crippen LogP contribution >= 0.6 is 0 Å². The number of anilines is 1. The second-order valence-corrected chi connectivity index (χ2v) is 7.98. The minimum atomic E-state index is -0.828. The quantitative estimate of drug-likeness (QED) is 0.361. The highest BCUT2D eigenvalue weighted by Gasteiger charge is 2.16. The van der Waals surface area contributed by atoms with E-state index in [0.717, 1.165) is 15.9 Å². The standard InChI is InChI=1S/C26H25N5O5/c1-18-8-10-20(11-9-18)31-23(16-19(2)28-31)27-24(32)17-36-26(34)22-12-13-25(33)30(29-22)14-15-35-21-6-4-3-5-7-21/h3-13,16H,14-15,17H2,1-2H3,(H,27,32). The number of nitrogens with one attached hydrogen (secondary N) is 1. The minimum absolute atomic E-state index is 0.0948. The molecule has 0 unspecified atom stereocenters. The van der Waals surface area contributed by atoms with E-state index in [0.29, 0.717) is 17.3 Å². The van der Waals surface area contributed by atoms with Crippen molar-refractivity contribution in [3.05, 3.63) is 100 Å². The molecule has 2 aromatic carbocycles. The van der Waals surface area contributed by atoms with Crippen LogP contribution in [0.3, 0.4) is 0 Å². The Bertz CT molecular complexity index is 1410. The highest BCUT2D eigenvalue weighted by molar-refractivity contribution is 5.94. The van der Waals surface area contributed by atoms with Gasteiger partial charge in [0.1, 0.15) is 18.2 Å². The number of ether oxygens (including phenoxy) is 2. The summed E-state index contributed by atoms with van der Waals surface area (Å²) in [6.07, 6.45) is 0. The zero-order valence-electron chi connectivity index (χ0n) is 19.9. The molecule has 4 aromatic rings. The van der Waals surface area contributed by atoms with Crippen molar-refractivity contribution in [2.24, 2.45) is 0 Å². The molecule has 184 valence electrons. The molecule has 0 atom stereocenters. The number of hydrogen-bond donors (Lipinski definition) is 1. The summed E-state index contributed by atoms with van der Waals surface area (Å²) in [5.74, 6) is -0.263. The van der Waals surface area contributed by atoms with Gasteiger partial charge in [-0.15, -0.1) is 0 Å². The van der Waals surface area contributed by atoms with Gasteiger partial charge in [0.25, 0.3) is 11.5 Å². The minimum Gasteiger partial charge on any atom is -0.492 e. The SMILES string of the molecule is Cc1ccc(-n2nc(C)cc2NC(=O)COC(=O)c2ccc(=O)n(CCOc3ccccc3)n2)cc1. The van der Waals surface area contributed by atoms with Gasteiger partial charge in [0.2, 0.25) is 0 Å². The number of carbonyl (C=O) groups excluding carboxylic acids is 2. The summed E-state index contributed by atoms with van der Waals surface area (Å²) in [5.41, 5.74) is 2.11. The van der Waals surface area contributed by atoms with Gasteiger partial charge in [-0.2, -0.15) is 10.2 Å². The van der Waals surface area contributed by atoms with Crippen LogP contribution in [0.1, 0.15) is 21.7 Å². The van der Waals surface area contributed by atoms with Crippen LogP contribution in [0, 0.1) is 13.8 Å². The third-order valence-electron chi connectivity index (χ3n) is 5.10. The van der Waals surface area contributed by atoms with Gasteiger partial charge in [-0.05, 0) is 44.2 Å². The first-order chi connectivity index (χ1) is 17.4. The van der Waals surface area contributed by atoms with Crippen LogP contribution in [0.15, 0.2) is 77.6 Å². The summed E-state index contributed by atoms with van der Waals surface area (Å²) in [6, 6.07) is 21.0. The molecule has 4 rings (SSSR count). The van der Waals surface area contributed by atoms with Crippen molar-refractivity contribution < 1.29 is 19.1 Å². The topological polar surface area (TPSA) is 117 Å². The Morgan fingerprint density at radius 3 is 2.44 bits per heavy atom. The molecule has 0 aliphatic rings. The smallest absolute Gasteiger partial charge is 0.359 e. The van der Waals surface area contributed by atoms with Crippen molar-refractivity contribution in [2.45, 2.75) is 20.4 Å². The van der Waals surface area contributed by atoms with Crippen LogP contribution in [0.4, 0.5) is 5.82 Å². The highest BCUT2D eigenvalue weighted by Crippen LogP contribution is 2.17. The van der Waals surface area contributed by atoms with Gasteiger partial charge in [-0.1, -0.05) is 35.9 Å². The zero-order valence-corrected chi connectivity index (χ0v) is 19.9. The van der Waals surface area contributed by atoms with Gasteiger partial charge in [0.15, 0.2) is 12.3 Å². The molecular formula is C26H25N5O5. The van der Waals surface area contributed by atoms with Gasteiger partial charge in [0.05, 0.1) is 17.9 Å². The second kappa shape index (κ2) is 11.1. The molecule has 0 aliphatic carbocycles. The summed E-state index contributed by atoms with van der Waals surface area (Å²) in [5, 5.41) is 11.2. The first-order valence-corrected chi connectivity index (χ1v) is 11.3. The molecule has 0 bridgehead atoms. The number of hydrogen-bond acceptors (Lipinski definition) is 7. The second-order valence-electron chi connectivity index (χ2n) is 7.98. The number of benzene rings is 2. The van der Waals surface area contributed by atoms with E-state index >= 15 is 0 Å². The lowest BCUT2D eigenvalue weighted by Gasteiger charge is -2.10. The lowest BCUT2D eigenvalue weighted by Crippen LogP contribution is -2.28. The maximum absolute atomic E-state index is 12.5. The van der Waals surface area contributed by atoms with Crippen LogP contribution in [-0.4, -0.2) is 44.7 Å². The van der Waals surface area contributed by atoms with E-state index < -0.39 is 18.5 Å². The Balaban J connectivity index is 1.34. The number of para-hydroxylation sites is 1. The predicted molar refractivity (Wildman–Crippen MR) is 132 cm³/mol. The van der Waals surface area contributed by atoms with Crippen molar-refractivity contribution in [1.29, 1.82) is 0 Å². The van der Waals surface area contributed by atoms with Crippen LogP contribution in [0.5, 0.6) is 5.75 Å². The van der Waals surface area contributed by atoms with Crippen molar-refractivity contribution in [2.75, 3.05) is 18.5 Å². The molecule has 0 radical (unpaired) electrons. The summed E-state index contributed by atoms with van der Waals surface area (Å²) in [6.45, 7) is 3.58. The molecule has 2 aromatic heterocycles. The fourth-order valence-corrected chi connectivity index (χ4v) is 3.34. The Morgan fingerprint density at radius 1 is 0.944 bits per heavy atom. The van der Waals surface area contributed by atoms with Crippen LogP contribution < -0.4 is 15.6 Å². The van der Waals surface area contributed by atoms with Gasteiger partial charge >= 0.3 is 5.97 Å². The molecule has 2 heterocycles. The zero-order chi connectivity index (χ0) is 25.5. The van der Waals surface area contributed by atoms with Crippen molar-refractivity contribution in [3.8, 4) is 11.4 Å². The van der Waals surface area contributed by atoms with E-state index in [-0.39, 0.29) is 24.4 Å². The summed E-state index contributed by atoms with van der Waals surface area (Å²) < 4.78 is 13.4. The number of carbonyl (C=O) groups is 2. The monoisotopic (exact) mass is 487 g/mol. The van der Waals surface area contributed by atoms with Gasteiger partial charge in [0, 0.05) is 12.1 Å². The molecule has 0 aliphatic heterocycles. The van der Waals surface area contributed by atoms with Crippen LogP contribution in [0.25, 0.3) is 5.69 Å². The maximum Gasteiger partial charge on any atom is 0.359 e. The third kappa shape index (κ3) is 6.23. The van der Waals surface area contributed by atoms with E-state index in [4.69, 9.17) is 9.47 Å². The molecular weight excluding hydrogens is 462 g/mol. The normalized spacial score (nSPS) is 10.6. The van der Waals surface area contributed by atoms with Gasteiger partial charge < -0.3 is 14.8 Å². The van der Waals surface area contributed by atoms with E-state index in [2.05, 4.69) is 15.5 Å². The Hall–Kier alpha value is -4.73. The number of aryl methyl sites for hydroxylation is 2. The fraction of sp³-hybridized carbons (Fsp3) is 0.192. The maximum atomic E-state index is 12.5. The van der Waals surface area contributed by atoms with Crippen molar-refractivity contribution in [1.82, 2.24) is 19.6 Å². The van der Waals surface area contributed by atoms with E-state index in [1.807, 2.05) is 56.3 Å². The average molecular weight is 488 g/mol. The number of amides is 1. The Kier molecular flexibility index (Phi) is 7.54. The van der Waals surface area contributed by atoms with Crippen LogP contribution in [-0.2, 0) is 16.1 Å². The molecule has 0 spiro atoms. The fourth-order valence-electron chi connectivity index (χ4n) is 3.34. The van der Waals surface area contributed by atoms with Crippen molar-refractivity contribution >= 4 is 17.7 Å². The van der Waals surface area contributed by atoms with Gasteiger partial charge in [-0.3, -0.25) is 9.59 Å². The number of aromatic nitrogens is 4.